The molecule has 0 bridgehead atoms. The fourth-order valence-corrected chi connectivity index (χ4v) is 4.80. The number of aromatic carboxylic acids is 1. The van der Waals surface area contributed by atoms with Crippen LogP contribution in [0.5, 0.6) is 5.75 Å². The molecule has 3 heterocycles. The number of carboxylic acids is 1. The molecule has 3 aromatic heterocycles. The van der Waals surface area contributed by atoms with Crippen molar-refractivity contribution >= 4 is 50.0 Å². The number of fused-ring (bicyclic) bond motifs is 1. The van der Waals surface area contributed by atoms with Gasteiger partial charge < -0.3 is 19.7 Å². The molecule has 160 valence electrons. The third-order valence-corrected chi connectivity index (χ3v) is 6.60. The Labute approximate surface area is 191 Å². The van der Waals surface area contributed by atoms with E-state index < -0.39 is 5.97 Å². The van der Waals surface area contributed by atoms with Crippen molar-refractivity contribution in [3.63, 3.8) is 0 Å². The van der Waals surface area contributed by atoms with Gasteiger partial charge in [0.1, 0.15) is 11.6 Å². The highest BCUT2D eigenvalue weighted by molar-refractivity contribution is 9.10. The molecule has 31 heavy (non-hydrogen) atoms. The van der Waals surface area contributed by atoms with Crippen LogP contribution in [0, 0.1) is 6.92 Å². The molecule has 0 spiro atoms. The topological polar surface area (TPSA) is 89.3 Å². The number of hydrogen-bond donors (Lipinski definition) is 2. The number of ether oxygens (including phenoxy) is 1. The molecule has 1 aromatic carbocycles. The zero-order valence-electron chi connectivity index (χ0n) is 17.1. The van der Waals surface area contributed by atoms with Crippen molar-refractivity contribution in [1.82, 2.24) is 14.5 Å². The van der Waals surface area contributed by atoms with E-state index in [2.05, 4.69) is 54.8 Å². The smallest absolute Gasteiger partial charge is 0.349 e. The number of anilines is 1. The van der Waals surface area contributed by atoms with E-state index in [9.17, 15) is 9.90 Å². The number of aromatic nitrogens is 3. The number of benzene rings is 1. The van der Waals surface area contributed by atoms with E-state index in [0.717, 1.165) is 22.4 Å². The first kappa shape index (κ1) is 21.3. The maximum atomic E-state index is 11.5. The van der Waals surface area contributed by atoms with Gasteiger partial charge in [0.05, 0.1) is 11.5 Å². The molecule has 0 fully saturated rings. The first-order chi connectivity index (χ1) is 15.0. The van der Waals surface area contributed by atoms with Crippen molar-refractivity contribution < 1.29 is 14.6 Å². The van der Waals surface area contributed by atoms with Gasteiger partial charge >= 0.3 is 5.97 Å². The molecule has 0 saturated heterocycles. The van der Waals surface area contributed by atoms with Gasteiger partial charge in [0.15, 0.2) is 10.7 Å². The summed E-state index contributed by atoms with van der Waals surface area (Å²) in [6.07, 6.45) is 1.67. The molecular weight excluding hydrogens is 480 g/mol. The van der Waals surface area contributed by atoms with Crippen LogP contribution in [0.4, 0.5) is 5.82 Å². The summed E-state index contributed by atoms with van der Waals surface area (Å²) in [5.41, 5.74) is 2.37. The predicted octanol–water partition coefficient (Wildman–Crippen LogP) is 5.44. The van der Waals surface area contributed by atoms with Gasteiger partial charge in [-0.25, -0.2) is 14.8 Å². The van der Waals surface area contributed by atoms with Crippen molar-refractivity contribution in [3.8, 4) is 16.5 Å². The van der Waals surface area contributed by atoms with Crippen LogP contribution in [0.15, 0.2) is 47.1 Å². The summed E-state index contributed by atoms with van der Waals surface area (Å²) >= 11 is 4.72. The predicted molar refractivity (Wildman–Crippen MR) is 126 cm³/mol. The summed E-state index contributed by atoms with van der Waals surface area (Å²) < 4.78 is 8.80. The average Bonchev–Trinajstić information content (AvgIpc) is 3.31. The Morgan fingerprint density at radius 2 is 2.16 bits per heavy atom. The normalized spacial score (nSPS) is 11.1. The number of aryl methyl sites for hydroxylation is 1. The third-order valence-electron chi connectivity index (χ3n) is 4.81. The molecule has 0 unspecified atom stereocenters. The summed E-state index contributed by atoms with van der Waals surface area (Å²) in [5.74, 6) is 0.478. The Hall–Kier alpha value is -2.91. The van der Waals surface area contributed by atoms with Crippen LogP contribution in [0.3, 0.4) is 0 Å². The van der Waals surface area contributed by atoms with Crippen molar-refractivity contribution in [1.29, 1.82) is 0 Å². The molecule has 0 aliphatic heterocycles. The molecule has 9 heteroatoms. The SMILES string of the molecule is CCOc1cc(-c2nccc(NCCn3c(C)cc4c(Br)cccc43)n2)sc1C(=O)O. The highest BCUT2D eigenvalue weighted by Gasteiger charge is 2.19. The van der Waals surface area contributed by atoms with Gasteiger partial charge in [-0.3, -0.25) is 0 Å². The molecule has 7 nitrogen and oxygen atoms in total. The van der Waals surface area contributed by atoms with E-state index in [4.69, 9.17) is 4.74 Å². The van der Waals surface area contributed by atoms with Crippen molar-refractivity contribution in [3.05, 3.63) is 57.6 Å². The van der Waals surface area contributed by atoms with Gasteiger partial charge in [-0.15, -0.1) is 11.3 Å². The molecule has 0 amide bonds. The van der Waals surface area contributed by atoms with Crippen LogP contribution in [0.2, 0.25) is 0 Å². The zero-order chi connectivity index (χ0) is 22.0. The van der Waals surface area contributed by atoms with Crippen LogP contribution in [-0.4, -0.2) is 38.8 Å². The quantitative estimate of drug-likeness (QED) is 0.334. The third kappa shape index (κ3) is 4.42. The van der Waals surface area contributed by atoms with Crippen LogP contribution in [0.25, 0.3) is 21.6 Å². The molecule has 0 saturated carbocycles. The number of hydrogen-bond acceptors (Lipinski definition) is 6. The van der Waals surface area contributed by atoms with Gasteiger partial charge in [-0.2, -0.15) is 0 Å². The number of rotatable bonds is 8. The number of nitrogens with zero attached hydrogens (tertiary/aromatic N) is 3. The van der Waals surface area contributed by atoms with Crippen LogP contribution in [0.1, 0.15) is 22.3 Å². The molecule has 0 radical (unpaired) electrons. The Balaban J connectivity index is 1.50. The molecule has 0 atom stereocenters. The summed E-state index contributed by atoms with van der Waals surface area (Å²) in [6.45, 7) is 5.77. The first-order valence-corrected chi connectivity index (χ1v) is 11.4. The largest absolute Gasteiger partial charge is 0.492 e. The Morgan fingerprint density at radius 3 is 2.94 bits per heavy atom. The lowest BCUT2D eigenvalue weighted by Gasteiger charge is -2.10. The van der Waals surface area contributed by atoms with E-state index in [1.807, 2.05) is 19.1 Å². The fourth-order valence-electron chi connectivity index (χ4n) is 3.45. The van der Waals surface area contributed by atoms with Crippen molar-refractivity contribution in [2.24, 2.45) is 0 Å². The van der Waals surface area contributed by atoms with Crippen molar-refractivity contribution in [2.45, 2.75) is 20.4 Å². The maximum Gasteiger partial charge on any atom is 0.349 e. The maximum absolute atomic E-state index is 11.5. The van der Waals surface area contributed by atoms with E-state index in [-0.39, 0.29) is 4.88 Å². The number of carbonyl (C=O) groups is 1. The molecule has 4 aromatic rings. The summed E-state index contributed by atoms with van der Waals surface area (Å²) in [5, 5.41) is 13.9. The van der Waals surface area contributed by atoms with E-state index in [1.165, 1.54) is 16.6 Å². The molecule has 2 N–H and O–H groups in total. The number of thiophene rings is 1. The fraction of sp³-hybridized carbons (Fsp3) is 0.227. The van der Waals surface area contributed by atoms with Gasteiger partial charge in [0, 0.05) is 46.4 Å². The van der Waals surface area contributed by atoms with Crippen molar-refractivity contribution in [2.75, 3.05) is 18.5 Å². The Bertz CT molecular complexity index is 1250. The van der Waals surface area contributed by atoms with Gasteiger partial charge in [-0.1, -0.05) is 22.0 Å². The van der Waals surface area contributed by atoms with E-state index in [1.54, 1.807) is 18.3 Å². The lowest BCUT2D eigenvalue weighted by Crippen LogP contribution is -2.12. The summed E-state index contributed by atoms with van der Waals surface area (Å²) in [6, 6.07) is 11.9. The standard InChI is InChI=1S/C22H21BrN4O3S/c1-3-30-17-12-18(31-20(17)22(28)29)21-25-8-7-19(26-21)24-9-10-27-13(2)11-14-15(23)5-4-6-16(14)27/h4-8,11-12H,3,9-10H2,1-2H3,(H,28,29)(H,24,25,26). The second-order valence-electron chi connectivity index (χ2n) is 6.84. The minimum atomic E-state index is -1.02. The summed E-state index contributed by atoms with van der Waals surface area (Å²) in [4.78, 5) is 21.1. The van der Waals surface area contributed by atoms with E-state index >= 15 is 0 Å². The second kappa shape index (κ2) is 9.07. The molecule has 4 rings (SSSR count). The Kier molecular flexibility index (Phi) is 6.24. The number of halogens is 1. The number of carboxylic acid groups (broad SMARTS) is 1. The van der Waals surface area contributed by atoms with Crippen LogP contribution < -0.4 is 10.1 Å². The summed E-state index contributed by atoms with van der Waals surface area (Å²) in [7, 11) is 0. The van der Waals surface area contributed by atoms with E-state index in [0.29, 0.717) is 35.4 Å². The molecule has 0 aliphatic carbocycles. The highest BCUT2D eigenvalue weighted by Crippen LogP contribution is 2.35. The monoisotopic (exact) mass is 500 g/mol. The minimum absolute atomic E-state index is 0.153. The minimum Gasteiger partial charge on any atom is -0.492 e. The van der Waals surface area contributed by atoms with Gasteiger partial charge in [-0.05, 0) is 38.1 Å². The number of nitrogens with one attached hydrogen (secondary N) is 1. The Morgan fingerprint density at radius 1 is 1.32 bits per heavy atom. The first-order valence-electron chi connectivity index (χ1n) is 9.79. The average molecular weight is 501 g/mol. The second-order valence-corrected chi connectivity index (χ2v) is 8.75. The molecular formula is C22H21BrN4O3S. The lowest BCUT2D eigenvalue weighted by molar-refractivity contribution is 0.0698. The van der Waals surface area contributed by atoms with Crippen LogP contribution >= 0.6 is 27.3 Å². The zero-order valence-corrected chi connectivity index (χ0v) is 19.5. The molecule has 0 aliphatic rings. The highest BCUT2D eigenvalue weighted by atomic mass is 79.9. The van der Waals surface area contributed by atoms with Crippen LogP contribution in [-0.2, 0) is 6.54 Å². The lowest BCUT2D eigenvalue weighted by atomic mass is 10.2. The van der Waals surface area contributed by atoms with Gasteiger partial charge in [0.25, 0.3) is 0 Å². The van der Waals surface area contributed by atoms with Gasteiger partial charge in [0.2, 0.25) is 0 Å².